The molecule has 0 fully saturated rings. The lowest BCUT2D eigenvalue weighted by Crippen LogP contribution is -2.44. The smallest absolute Gasteiger partial charge is 0.265 e. The van der Waals surface area contributed by atoms with Crippen molar-refractivity contribution in [1.82, 2.24) is 20.6 Å². The van der Waals surface area contributed by atoms with E-state index in [1.54, 1.807) is 5.01 Å². The molecular weight excluding hydrogens is 347 g/mol. The molecule has 27 heavy (non-hydrogen) atoms. The summed E-state index contributed by atoms with van der Waals surface area (Å²) in [6, 6.07) is 15.0. The average Bonchev–Trinajstić information content (AvgIpc) is 3.20. The number of hydrazine groups is 1. The molecule has 0 saturated heterocycles. The van der Waals surface area contributed by atoms with Gasteiger partial charge in [0.1, 0.15) is 5.82 Å². The first-order valence-electron chi connectivity index (χ1n) is 8.59. The van der Waals surface area contributed by atoms with E-state index in [0.29, 0.717) is 36.9 Å². The zero-order valence-corrected chi connectivity index (χ0v) is 14.4. The predicted molar refractivity (Wildman–Crippen MR) is 97.8 cm³/mol. The molecule has 0 unspecified atom stereocenters. The Morgan fingerprint density at radius 3 is 2.48 bits per heavy atom. The largest absolute Gasteiger partial charge is 0.416 e. The van der Waals surface area contributed by atoms with Gasteiger partial charge in [-0.05, 0) is 42.8 Å². The fourth-order valence-electron chi connectivity index (χ4n) is 2.82. The molecule has 7 heteroatoms. The maximum Gasteiger partial charge on any atom is 0.265 e. The van der Waals surface area contributed by atoms with E-state index in [2.05, 4.69) is 15.6 Å². The first kappa shape index (κ1) is 17.1. The molecule has 4 rings (SSSR count). The van der Waals surface area contributed by atoms with Gasteiger partial charge < -0.3 is 4.42 Å². The summed E-state index contributed by atoms with van der Waals surface area (Å²) in [5.74, 6) is 0.347. The maximum absolute atomic E-state index is 13.0. The standard InChI is InChI=1S/C20H17FN4O2/c21-17-8-6-14(7-9-17)18(26)24-25-12-10-16(11-13-25)20-23-22-19(27-20)15-4-2-1-3-5-15/h1-10H,11-13H2,(H,24,26). The van der Waals surface area contributed by atoms with Crippen LogP contribution in [0.3, 0.4) is 0 Å². The van der Waals surface area contributed by atoms with Crippen molar-refractivity contribution in [2.45, 2.75) is 6.42 Å². The van der Waals surface area contributed by atoms with Crippen LogP contribution in [0, 0.1) is 5.82 Å². The van der Waals surface area contributed by atoms with Gasteiger partial charge in [0.15, 0.2) is 0 Å². The van der Waals surface area contributed by atoms with E-state index in [9.17, 15) is 9.18 Å². The lowest BCUT2D eigenvalue weighted by atomic mass is 10.1. The zero-order chi connectivity index (χ0) is 18.6. The molecule has 0 spiro atoms. The SMILES string of the molecule is O=C(NN1CC=C(c2nnc(-c3ccccc3)o2)CC1)c1ccc(F)cc1. The number of carbonyl (C=O) groups is 1. The van der Waals surface area contributed by atoms with Gasteiger partial charge in [0, 0.05) is 29.8 Å². The molecule has 2 aromatic carbocycles. The van der Waals surface area contributed by atoms with Gasteiger partial charge in [-0.25, -0.2) is 9.40 Å². The molecule has 136 valence electrons. The fourth-order valence-corrected chi connectivity index (χ4v) is 2.82. The van der Waals surface area contributed by atoms with E-state index < -0.39 is 0 Å². The van der Waals surface area contributed by atoms with Crippen molar-refractivity contribution < 1.29 is 13.6 Å². The summed E-state index contributed by atoms with van der Waals surface area (Å²) >= 11 is 0. The number of hydrogen-bond acceptors (Lipinski definition) is 5. The Bertz CT molecular complexity index is 967. The number of halogens is 1. The highest BCUT2D eigenvalue weighted by Crippen LogP contribution is 2.24. The highest BCUT2D eigenvalue weighted by molar-refractivity contribution is 5.93. The third-order valence-corrected chi connectivity index (χ3v) is 4.30. The minimum atomic E-state index is -0.369. The number of benzene rings is 2. The van der Waals surface area contributed by atoms with E-state index in [1.807, 2.05) is 36.4 Å². The Labute approximate surface area is 155 Å². The third-order valence-electron chi connectivity index (χ3n) is 4.30. The monoisotopic (exact) mass is 364 g/mol. The molecule has 2 heterocycles. The second kappa shape index (κ2) is 7.51. The predicted octanol–water partition coefficient (Wildman–Crippen LogP) is 3.31. The van der Waals surface area contributed by atoms with Crippen LogP contribution in [0.2, 0.25) is 0 Å². The number of amides is 1. The highest BCUT2D eigenvalue weighted by atomic mass is 19.1. The Morgan fingerprint density at radius 2 is 1.78 bits per heavy atom. The lowest BCUT2D eigenvalue weighted by molar-refractivity contribution is 0.0806. The number of nitrogens with zero attached hydrogens (tertiary/aromatic N) is 3. The molecule has 0 bridgehead atoms. The van der Waals surface area contributed by atoms with Crippen LogP contribution in [0.15, 0.2) is 65.1 Å². The van der Waals surface area contributed by atoms with Gasteiger partial charge in [-0.1, -0.05) is 24.3 Å². The molecule has 0 atom stereocenters. The van der Waals surface area contributed by atoms with Gasteiger partial charge in [0.2, 0.25) is 11.8 Å². The number of carbonyl (C=O) groups excluding carboxylic acids is 1. The fraction of sp³-hybridized carbons (Fsp3) is 0.150. The molecule has 1 aliphatic heterocycles. The van der Waals surface area contributed by atoms with Crippen molar-refractivity contribution in [2.75, 3.05) is 13.1 Å². The minimum Gasteiger partial charge on any atom is -0.416 e. The Kier molecular flexibility index (Phi) is 4.76. The molecular formula is C20H17FN4O2. The van der Waals surface area contributed by atoms with E-state index >= 15 is 0 Å². The van der Waals surface area contributed by atoms with Gasteiger partial charge in [0.25, 0.3) is 5.91 Å². The lowest BCUT2D eigenvalue weighted by Gasteiger charge is -2.25. The van der Waals surface area contributed by atoms with E-state index in [1.165, 1.54) is 24.3 Å². The highest BCUT2D eigenvalue weighted by Gasteiger charge is 2.19. The first-order valence-corrected chi connectivity index (χ1v) is 8.59. The van der Waals surface area contributed by atoms with Crippen LogP contribution in [0.4, 0.5) is 4.39 Å². The van der Waals surface area contributed by atoms with Crippen LogP contribution < -0.4 is 5.43 Å². The Morgan fingerprint density at radius 1 is 1.04 bits per heavy atom. The Hall–Kier alpha value is -3.32. The number of nitrogens with one attached hydrogen (secondary N) is 1. The third kappa shape index (κ3) is 3.93. The van der Waals surface area contributed by atoms with Gasteiger partial charge >= 0.3 is 0 Å². The molecule has 1 aliphatic rings. The van der Waals surface area contributed by atoms with Crippen molar-refractivity contribution in [1.29, 1.82) is 0 Å². The normalized spacial score (nSPS) is 14.6. The van der Waals surface area contributed by atoms with Crippen LogP contribution in [-0.4, -0.2) is 34.2 Å². The summed E-state index contributed by atoms with van der Waals surface area (Å²) in [6.45, 7) is 1.13. The second-order valence-electron chi connectivity index (χ2n) is 6.15. The topological polar surface area (TPSA) is 71.3 Å². The quantitative estimate of drug-likeness (QED) is 0.769. The van der Waals surface area contributed by atoms with Gasteiger partial charge in [-0.2, -0.15) is 0 Å². The summed E-state index contributed by atoms with van der Waals surface area (Å²) in [6.07, 6.45) is 2.62. The number of aromatic nitrogens is 2. The van der Waals surface area contributed by atoms with Crippen LogP contribution in [0.25, 0.3) is 17.0 Å². The maximum atomic E-state index is 13.0. The molecule has 0 aliphatic carbocycles. The van der Waals surface area contributed by atoms with Crippen LogP contribution in [0.1, 0.15) is 22.7 Å². The van der Waals surface area contributed by atoms with E-state index in [0.717, 1.165) is 11.1 Å². The summed E-state index contributed by atoms with van der Waals surface area (Å²) < 4.78 is 18.7. The summed E-state index contributed by atoms with van der Waals surface area (Å²) in [4.78, 5) is 12.2. The van der Waals surface area contributed by atoms with Crippen LogP contribution in [-0.2, 0) is 0 Å². The van der Waals surface area contributed by atoms with Crippen molar-refractivity contribution in [2.24, 2.45) is 0 Å². The number of hydrogen-bond donors (Lipinski definition) is 1. The molecule has 1 N–H and O–H groups in total. The van der Waals surface area contributed by atoms with Gasteiger partial charge in [-0.15, -0.1) is 10.2 Å². The molecule has 0 radical (unpaired) electrons. The van der Waals surface area contributed by atoms with E-state index in [-0.39, 0.29) is 11.7 Å². The molecule has 6 nitrogen and oxygen atoms in total. The first-order chi connectivity index (χ1) is 13.2. The van der Waals surface area contributed by atoms with Crippen LogP contribution in [0.5, 0.6) is 0 Å². The van der Waals surface area contributed by atoms with Crippen molar-refractivity contribution in [3.05, 3.63) is 77.9 Å². The summed E-state index contributed by atoms with van der Waals surface area (Å²) in [7, 11) is 0. The van der Waals surface area contributed by atoms with E-state index in [4.69, 9.17) is 4.42 Å². The van der Waals surface area contributed by atoms with Crippen molar-refractivity contribution in [3.63, 3.8) is 0 Å². The van der Waals surface area contributed by atoms with Crippen molar-refractivity contribution >= 4 is 11.5 Å². The Balaban J connectivity index is 1.39. The number of rotatable bonds is 4. The molecule has 1 amide bonds. The summed E-state index contributed by atoms with van der Waals surface area (Å²) in [5.41, 5.74) is 5.06. The zero-order valence-electron chi connectivity index (χ0n) is 14.4. The van der Waals surface area contributed by atoms with Crippen LogP contribution >= 0.6 is 0 Å². The van der Waals surface area contributed by atoms with Gasteiger partial charge in [0.05, 0.1) is 0 Å². The van der Waals surface area contributed by atoms with Crippen molar-refractivity contribution in [3.8, 4) is 11.5 Å². The average molecular weight is 364 g/mol. The molecule has 0 saturated carbocycles. The summed E-state index contributed by atoms with van der Waals surface area (Å²) in [5, 5.41) is 10.0. The second-order valence-corrected chi connectivity index (χ2v) is 6.15. The van der Waals surface area contributed by atoms with Gasteiger partial charge in [-0.3, -0.25) is 10.2 Å². The molecule has 1 aromatic heterocycles. The minimum absolute atomic E-state index is 0.268. The molecule has 3 aromatic rings.